The van der Waals surface area contributed by atoms with Gasteiger partial charge in [-0.1, -0.05) is 158 Å². The molecule has 0 atom stereocenters. The molecule has 2 aliphatic heterocycles. The lowest BCUT2D eigenvalue weighted by molar-refractivity contribution is 0.487. The van der Waals surface area contributed by atoms with Gasteiger partial charge in [-0.3, -0.25) is 0 Å². The minimum absolute atomic E-state index is 0.134. The predicted molar refractivity (Wildman–Crippen MR) is 243 cm³/mol. The topological polar surface area (TPSA) is 17.4 Å². The van der Waals surface area contributed by atoms with Crippen molar-refractivity contribution in [2.75, 3.05) is 4.81 Å². The van der Waals surface area contributed by atoms with Gasteiger partial charge in [0.05, 0.1) is 16.7 Å². The van der Waals surface area contributed by atoms with E-state index in [1.165, 1.54) is 60.8 Å². The Morgan fingerprint density at radius 2 is 0.931 bits per heavy atom. The van der Waals surface area contributed by atoms with Gasteiger partial charge in [0.1, 0.15) is 11.5 Å². The van der Waals surface area contributed by atoms with Crippen molar-refractivity contribution in [3.05, 3.63) is 212 Å². The summed E-state index contributed by atoms with van der Waals surface area (Å²) in [5.41, 5.74) is 17.6. The molecule has 0 fully saturated rings. The second-order valence-corrected chi connectivity index (χ2v) is 15.2. The van der Waals surface area contributed by atoms with E-state index in [-0.39, 0.29) is 6.85 Å². The Labute approximate surface area is 337 Å². The summed E-state index contributed by atoms with van der Waals surface area (Å²) < 4.78 is 9.53. The van der Waals surface area contributed by atoms with Crippen molar-refractivity contribution < 1.29 is 4.74 Å². The molecule has 0 amide bonds. The van der Waals surface area contributed by atoms with Gasteiger partial charge < -0.3 is 14.1 Å². The van der Waals surface area contributed by atoms with Crippen molar-refractivity contribution in [3.63, 3.8) is 0 Å². The third-order valence-corrected chi connectivity index (χ3v) is 12.0. The van der Waals surface area contributed by atoms with Crippen molar-refractivity contribution in [3.8, 4) is 61.7 Å². The van der Waals surface area contributed by atoms with E-state index in [4.69, 9.17) is 4.74 Å². The molecule has 4 heteroatoms. The third-order valence-electron chi connectivity index (χ3n) is 12.0. The SMILES string of the molecule is c1ccc(-c2ccccc2-c2cc3c4c(c2)-c2ccccc2N(c2ccccc2)B4c2cc(-c4ccccc4-n4c5ccccc5c5ccccc54)ccc2O3)cc1. The van der Waals surface area contributed by atoms with E-state index in [9.17, 15) is 0 Å². The number of nitrogens with zero attached hydrogens (tertiary/aromatic N) is 2. The van der Waals surface area contributed by atoms with Crippen molar-refractivity contribution >= 4 is 51.0 Å². The van der Waals surface area contributed by atoms with E-state index in [0.29, 0.717) is 0 Å². The zero-order valence-corrected chi connectivity index (χ0v) is 31.6. The summed E-state index contributed by atoms with van der Waals surface area (Å²) in [7, 11) is 0. The normalized spacial score (nSPS) is 12.6. The number of aromatic nitrogens is 1. The maximum Gasteiger partial charge on any atom is 0.336 e. The molecule has 0 spiro atoms. The summed E-state index contributed by atoms with van der Waals surface area (Å²) in [6.07, 6.45) is 0. The molecule has 58 heavy (non-hydrogen) atoms. The Kier molecular flexibility index (Phi) is 7.33. The zero-order valence-electron chi connectivity index (χ0n) is 31.6. The fraction of sp³-hybridized carbons (Fsp3) is 0. The minimum Gasteiger partial charge on any atom is -0.458 e. The number of hydrogen-bond acceptors (Lipinski definition) is 2. The van der Waals surface area contributed by atoms with Gasteiger partial charge in [-0.2, -0.15) is 0 Å². The predicted octanol–water partition coefficient (Wildman–Crippen LogP) is 12.8. The fourth-order valence-electron chi connectivity index (χ4n) is 9.56. The fourth-order valence-corrected chi connectivity index (χ4v) is 9.56. The van der Waals surface area contributed by atoms with Crippen LogP contribution in [0.3, 0.4) is 0 Å². The first-order valence-corrected chi connectivity index (χ1v) is 20.0. The Balaban J connectivity index is 1.09. The number of benzene rings is 9. The van der Waals surface area contributed by atoms with Crippen LogP contribution in [0.1, 0.15) is 0 Å². The van der Waals surface area contributed by atoms with Crippen molar-refractivity contribution in [2.45, 2.75) is 0 Å². The van der Waals surface area contributed by atoms with Gasteiger partial charge in [0.25, 0.3) is 0 Å². The molecule has 10 aromatic rings. The van der Waals surface area contributed by atoms with E-state index in [0.717, 1.165) is 45.0 Å². The molecule has 3 nitrogen and oxygen atoms in total. The van der Waals surface area contributed by atoms with E-state index in [2.05, 4.69) is 222 Å². The molecule has 0 saturated heterocycles. The Hall–Kier alpha value is -7.56. The maximum atomic E-state index is 7.11. The summed E-state index contributed by atoms with van der Waals surface area (Å²) in [6.45, 7) is -0.134. The average Bonchev–Trinajstić information content (AvgIpc) is 3.63. The Morgan fingerprint density at radius 3 is 1.66 bits per heavy atom. The van der Waals surface area contributed by atoms with E-state index in [1.807, 2.05) is 0 Å². The molecule has 270 valence electrons. The zero-order chi connectivity index (χ0) is 38.2. The summed E-state index contributed by atoms with van der Waals surface area (Å²) in [5.74, 6) is 1.76. The summed E-state index contributed by atoms with van der Waals surface area (Å²) in [5, 5.41) is 2.50. The van der Waals surface area contributed by atoms with Gasteiger partial charge in [-0.05, 0) is 93.4 Å². The number of para-hydroxylation sites is 5. The Bertz CT molecular complexity index is 3170. The van der Waals surface area contributed by atoms with Crippen LogP contribution in [0.5, 0.6) is 11.5 Å². The van der Waals surface area contributed by atoms with Crippen molar-refractivity contribution in [1.82, 2.24) is 4.57 Å². The van der Waals surface area contributed by atoms with Crippen LogP contribution >= 0.6 is 0 Å². The van der Waals surface area contributed by atoms with Crippen LogP contribution in [0.4, 0.5) is 11.4 Å². The second-order valence-electron chi connectivity index (χ2n) is 15.2. The highest BCUT2D eigenvalue weighted by atomic mass is 16.5. The number of hydrogen-bond donors (Lipinski definition) is 0. The molecular weight excluding hydrogens is 703 g/mol. The van der Waals surface area contributed by atoms with Crippen LogP contribution in [0.2, 0.25) is 0 Å². The van der Waals surface area contributed by atoms with E-state index in [1.54, 1.807) is 0 Å². The van der Waals surface area contributed by atoms with Crippen LogP contribution in [-0.2, 0) is 0 Å². The lowest BCUT2D eigenvalue weighted by Gasteiger charge is -2.42. The Morgan fingerprint density at radius 1 is 0.362 bits per heavy atom. The molecule has 9 aromatic carbocycles. The maximum absolute atomic E-state index is 7.11. The lowest BCUT2D eigenvalue weighted by atomic mass is 9.44. The molecule has 3 heterocycles. The minimum atomic E-state index is -0.134. The van der Waals surface area contributed by atoms with Gasteiger partial charge in [-0.15, -0.1) is 0 Å². The van der Waals surface area contributed by atoms with Gasteiger partial charge in [0, 0.05) is 38.7 Å². The molecule has 0 N–H and O–H groups in total. The van der Waals surface area contributed by atoms with Crippen LogP contribution < -0.4 is 20.5 Å². The summed E-state index contributed by atoms with van der Waals surface area (Å²) in [4.78, 5) is 2.52. The molecule has 0 bridgehead atoms. The highest BCUT2D eigenvalue weighted by Gasteiger charge is 2.44. The molecular formula is C54H35BN2O. The summed E-state index contributed by atoms with van der Waals surface area (Å²) >= 11 is 0. The molecule has 1 aromatic heterocycles. The molecule has 0 aliphatic carbocycles. The van der Waals surface area contributed by atoms with E-state index < -0.39 is 0 Å². The standard InChI is InChI=1S/C54H35BN2O/c1-3-17-36(18-4-1)40-21-7-8-22-41(40)38-33-46-45-26-12-16-30-51(45)57(39-19-5-2-6-20-39)55-47-34-37(31-32-52(47)58-53(35-38)54(46)55)42-23-9-13-27-48(42)56-49-28-14-10-24-43(49)44-25-11-15-29-50(44)56/h1-35H. The third kappa shape index (κ3) is 4.95. The lowest BCUT2D eigenvalue weighted by Crippen LogP contribution is -2.59. The van der Waals surface area contributed by atoms with Crippen LogP contribution in [-0.4, -0.2) is 11.4 Å². The van der Waals surface area contributed by atoms with Gasteiger partial charge in [0.15, 0.2) is 0 Å². The van der Waals surface area contributed by atoms with Gasteiger partial charge >= 0.3 is 6.85 Å². The van der Waals surface area contributed by atoms with Crippen molar-refractivity contribution in [2.24, 2.45) is 0 Å². The number of fused-ring (bicyclic) bond motifs is 7. The molecule has 12 rings (SSSR count). The van der Waals surface area contributed by atoms with E-state index >= 15 is 0 Å². The van der Waals surface area contributed by atoms with Crippen LogP contribution in [0.15, 0.2) is 212 Å². The number of rotatable bonds is 5. The molecule has 0 unspecified atom stereocenters. The highest BCUT2D eigenvalue weighted by Crippen LogP contribution is 2.47. The largest absolute Gasteiger partial charge is 0.458 e. The number of anilines is 2. The highest BCUT2D eigenvalue weighted by molar-refractivity contribution is 6.92. The monoisotopic (exact) mass is 738 g/mol. The van der Waals surface area contributed by atoms with Crippen LogP contribution in [0, 0.1) is 0 Å². The first kappa shape index (κ1) is 32.7. The van der Waals surface area contributed by atoms with Gasteiger partial charge in [0.2, 0.25) is 0 Å². The second kappa shape index (κ2) is 13.0. The average molecular weight is 739 g/mol. The molecule has 2 aliphatic rings. The van der Waals surface area contributed by atoms with Gasteiger partial charge in [-0.25, -0.2) is 0 Å². The first-order chi connectivity index (χ1) is 28.8. The van der Waals surface area contributed by atoms with Crippen LogP contribution in [0.25, 0.3) is 72.0 Å². The summed E-state index contributed by atoms with van der Waals surface area (Å²) in [6, 6.07) is 76.7. The molecule has 0 radical (unpaired) electrons. The quantitative estimate of drug-likeness (QED) is 0.164. The smallest absolute Gasteiger partial charge is 0.336 e. The van der Waals surface area contributed by atoms with Crippen molar-refractivity contribution in [1.29, 1.82) is 0 Å². The number of ether oxygens (including phenoxy) is 1. The molecule has 0 saturated carbocycles. The first-order valence-electron chi connectivity index (χ1n) is 20.0.